The molecule has 0 amide bonds. The molecule has 0 spiro atoms. The molecule has 3 aromatic heterocycles. The Balaban J connectivity index is 1.02. The van der Waals surface area contributed by atoms with Gasteiger partial charge in [0.15, 0.2) is 0 Å². The Labute approximate surface area is 381 Å². The fraction of sp³-hybridized carbons (Fsp3) is 0.207. The highest BCUT2D eigenvalue weighted by molar-refractivity contribution is 6.19. The normalized spacial score (nSPS) is 17.2. The standard InChI is InChI=1S/C58H53N7/c1-55(2)57(5,6)64(53(61-55)38-20-12-9-13-21-38)50-28-18-26-47(59-50)41-31-33-44-40(36-41)30-35-46-45-34-32-42(37-49(45)63(52(44)46)43-24-16-11-17-25-43)48-27-19-29-51(60-48)65-54(39-22-14-10-15-23-39)62-56(3,4)58(65,7)8/h9-37H,1-8H3. The van der Waals surface area contributed by atoms with E-state index in [-0.39, 0.29) is 22.2 Å². The van der Waals surface area contributed by atoms with Crippen LogP contribution < -0.4 is 9.80 Å². The van der Waals surface area contributed by atoms with E-state index in [9.17, 15) is 0 Å². The van der Waals surface area contributed by atoms with E-state index in [1.807, 2.05) is 6.07 Å². The quantitative estimate of drug-likeness (QED) is 0.160. The van der Waals surface area contributed by atoms with Crippen LogP contribution in [0.3, 0.4) is 0 Å². The van der Waals surface area contributed by atoms with E-state index in [0.29, 0.717) is 0 Å². The van der Waals surface area contributed by atoms with Crippen molar-refractivity contribution in [2.45, 2.75) is 77.5 Å². The van der Waals surface area contributed by atoms with Crippen LogP contribution >= 0.6 is 0 Å². The van der Waals surface area contributed by atoms with E-state index in [4.69, 9.17) is 20.0 Å². The smallest absolute Gasteiger partial charge is 0.137 e. The summed E-state index contributed by atoms with van der Waals surface area (Å²) in [5.41, 5.74) is 8.22. The van der Waals surface area contributed by atoms with Gasteiger partial charge in [-0.25, -0.2) is 9.97 Å². The van der Waals surface area contributed by atoms with Crippen LogP contribution in [0.4, 0.5) is 11.6 Å². The maximum absolute atomic E-state index is 5.40. The number of aliphatic imine (C=N–C) groups is 2. The van der Waals surface area contributed by atoms with Gasteiger partial charge in [-0.05, 0) is 109 Å². The van der Waals surface area contributed by atoms with Gasteiger partial charge in [0.05, 0.1) is 44.6 Å². The van der Waals surface area contributed by atoms with Gasteiger partial charge in [-0.2, -0.15) is 0 Å². The minimum Gasteiger partial charge on any atom is -0.309 e. The third kappa shape index (κ3) is 6.31. The number of fused-ring (bicyclic) bond motifs is 5. The lowest BCUT2D eigenvalue weighted by Crippen LogP contribution is -2.53. The summed E-state index contributed by atoms with van der Waals surface area (Å²) in [7, 11) is 0. The number of aromatic nitrogens is 3. The highest BCUT2D eigenvalue weighted by Gasteiger charge is 2.51. The molecule has 65 heavy (non-hydrogen) atoms. The van der Waals surface area contributed by atoms with Crippen LogP contribution in [0, 0.1) is 0 Å². The molecule has 7 heteroatoms. The van der Waals surface area contributed by atoms with E-state index in [1.54, 1.807) is 0 Å². The molecule has 6 aromatic carbocycles. The lowest BCUT2D eigenvalue weighted by molar-refractivity contribution is 0.337. The monoisotopic (exact) mass is 847 g/mol. The first-order valence-corrected chi connectivity index (χ1v) is 22.7. The molecule has 0 saturated heterocycles. The summed E-state index contributed by atoms with van der Waals surface area (Å²) < 4.78 is 2.42. The molecule has 320 valence electrons. The van der Waals surface area contributed by atoms with E-state index in [2.05, 4.69) is 240 Å². The molecule has 9 aromatic rings. The molecule has 2 aliphatic rings. The summed E-state index contributed by atoms with van der Waals surface area (Å²) in [5.74, 6) is 3.64. The van der Waals surface area contributed by atoms with Crippen molar-refractivity contribution in [1.29, 1.82) is 0 Å². The maximum atomic E-state index is 5.40. The van der Waals surface area contributed by atoms with Crippen LogP contribution in [0.5, 0.6) is 0 Å². The zero-order valence-corrected chi connectivity index (χ0v) is 38.4. The first-order chi connectivity index (χ1) is 31.2. The number of amidine groups is 2. The van der Waals surface area contributed by atoms with E-state index in [0.717, 1.165) is 73.5 Å². The highest BCUT2D eigenvalue weighted by Crippen LogP contribution is 2.45. The lowest BCUT2D eigenvalue weighted by atomic mass is 9.83. The molecule has 0 bridgehead atoms. The van der Waals surface area contributed by atoms with E-state index >= 15 is 0 Å². The van der Waals surface area contributed by atoms with E-state index in [1.165, 1.54) is 21.7 Å². The Morgan fingerprint density at radius 2 is 0.846 bits per heavy atom. The molecule has 0 radical (unpaired) electrons. The van der Waals surface area contributed by atoms with Crippen LogP contribution in [0.25, 0.3) is 60.8 Å². The van der Waals surface area contributed by atoms with Gasteiger partial charge in [0.1, 0.15) is 23.3 Å². The van der Waals surface area contributed by atoms with Gasteiger partial charge in [0, 0.05) is 44.1 Å². The zero-order valence-electron chi connectivity index (χ0n) is 38.4. The fourth-order valence-corrected chi connectivity index (χ4v) is 9.75. The number of hydrogen-bond donors (Lipinski definition) is 0. The van der Waals surface area contributed by atoms with Crippen LogP contribution in [0.1, 0.15) is 66.5 Å². The molecule has 0 aliphatic carbocycles. The van der Waals surface area contributed by atoms with Gasteiger partial charge >= 0.3 is 0 Å². The summed E-state index contributed by atoms with van der Waals surface area (Å²) in [5, 5.41) is 4.72. The van der Waals surface area contributed by atoms with Crippen LogP contribution in [0.2, 0.25) is 0 Å². The van der Waals surface area contributed by atoms with Crippen LogP contribution in [0.15, 0.2) is 186 Å². The molecular formula is C58H53N7. The van der Waals surface area contributed by atoms with Crippen molar-refractivity contribution in [3.05, 3.63) is 187 Å². The van der Waals surface area contributed by atoms with Crippen molar-refractivity contribution >= 4 is 55.9 Å². The van der Waals surface area contributed by atoms with Gasteiger partial charge in [-0.15, -0.1) is 0 Å². The minimum absolute atomic E-state index is 0.314. The summed E-state index contributed by atoms with van der Waals surface area (Å²) >= 11 is 0. The Morgan fingerprint density at radius 1 is 0.385 bits per heavy atom. The average Bonchev–Trinajstić information content (AvgIpc) is 3.83. The summed E-state index contributed by atoms with van der Waals surface area (Å²) in [6, 6.07) is 62.5. The Morgan fingerprint density at radius 3 is 1.37 bits per heavy atom. The minimum atomic E-state index is -0.334. The number of nitrogens with zero attached hydrogens (tertiary/aromatic N) is 7. The number of rotatable bonds is 7. The van der Waals surface area contributed by atoms with Gasteiger partial charge in [0.2, 0.25) is 0 Å². The van der Waals surface area contributed by atoms with Gasteiger partial charge in [-0.3, -0.25) is 9.98 Å². The number of anilines is 2. The number of pyridine rings is 2. The largest absolute Gasteiger partial charge is 0.309 e. The second kappa shape index (κ2) is 14.6. The third-order valence-corrected chi connectivity index (χ3v) is 14.6. The highest BCUT2D eigenvalue weighted by atomic mass is 15.4. The third-order valence-electron chi connectivity index (χ3n) is 14.6. The van der Waals surface area contributed by atoms with Gasteiger partial charge in [-0.1, -0.05) is 127 Å². The second-order valence-corrected chi connectivity index (χ2v) is 19.6. The first kappa shape index (κ1) is 40.4. The SMILES string of the molecule is CC1(C)N=C(c2ccccc2)N(c2cccc(-c3ccc4c(ccc5c6ccc(-c7cccc(N8C(c9ccccc9)=NC(C)(C)C8(C)C)n7)cc6n(-c6ccccc6)c45)c3)n2)C1(C)C. The fourth-order valence-electron chi connectivity index (χ4n) is 9.75. The summed E-state index contributed by atoms with van der Waals surface area (Å²) in [6.45, 7) is 17.9. The maximum Gasteiger partial charge on any atom is 0.137 e. The predicted octanol–water partition coefficient (Wildman–Crippen LogP) is 13.7. The Kier molecular flexibility index (Phi) is 9.06. The average molecular weight is 848 g/mol. The van der Waals surface area contributed by atoms with Crippen LogP contribution in [-0.2, 0) is 0 Å². The van der Waals surface area contributed by atoms with Crippen molar-refractivity contribution < 1.29 is 0 Å². The Hall–Kier alpha value is -7.38. The summed E-state index contributed by atoms with van der Waals surface area (Å²) in [6.07, 6.45) is 0. The van der Waals surface area contributed by atoms with Gasteiger partial charge < -0.3 is 14.4 Å². The molecular weight excluding hydrogens is 795 g/mol. The van der Waals surface area contributed by atoms with Crippen LogP contribution in [-0.4, -0.2) is 48.4 Å². The molecule has 2 aliphatic heterocycles. The summed E-state index contributed by atoms with van der Waals surface area (Å²) in [4.78, 5) is 26.0. The molecule has 7 nitrogen and oxygen atoms in total. The molecule has 0 atom stereocenters. The van der Waals surface area contributed by atoms with Gasteiger partial charge in [0.25, 0.3) is 0 Å². The van der Waals surface area contributed by atoms with E-state index < -0.39 is 0 Å². The van der Waals surface area contributed by atoms with Crippen molar-refractivity contribution in [3.63, 3.8) is 0 Å². The number of benzene rings is 6. The van der Waals surface area contributed by atoms with Crippen molar-refractivity contribution in [2.75, 3.05) is 9.80 Å². The number of para-hydroxylation sites is 1. The van der Waals surface area contributed by atoms with Crippen molar-refractivity contribution in [3.8, 4) is 28.2 Å². The predicted molar refractivity (Wildman–Crippen MR) is 272 cm³/mol. The zero-order chi connectivity index (χ0) is 44.9. The first-order valence-electron chi connectivity index (χ1n) is 22.7. The molecule has 5 heterocycles. The second-order valence-electron chi connectivity index (χ2n) is 19.6. The molecule has 0 saturated carbocycles. The Bertz CT molecular complexity index is 3380. The topological polar surface area (TPSA) is 61.9 Å². The van der Waals surface area contributed by atoms with Crippen molar-refractivity contribution in [1.82, 2.24) is 14.5 Å². The molecule has 0 N–H and O–H groups in total. The molecule has 0 unspecified atom stereocenters. The molecule has 11 rings (SSSR count). The molecule has 0 fully saturated rings. The van der Waals surface area contributed by atoms with Crippen molar-refractivity contribution in [2.24, 2.45) is 9.98 Å². The number of hydrogen-bond acceptors (Lipinski definition) is 6. The lowest BCUT2D eigenvalue weighted by Gasteiger charge is -2.40.